The van der Waals surface area contributed by atoms with E-state index in [4.69, 9.17) is 9.15 Å². The number of rotatable bonds is 6. The van der Waals surface area contributed by atoms with Crippen molar-refractivity contribution in [2.24, 2.45) is 0 Å². The van der Waals surface area contributed by atoms with Gasteiger partial charge < -0.3 is 14.5 Å². The van der Waals surface area contributed by atoms with Gasteiger partial charge in [0.05, 0.1) is 5.60 Å². The Morgan fingerprint density at radius 3 is 2.57 bits per heavy atom. The van der Waals surface area contributed by atoms with E-state index in [1.165, 1.54) is 0 Å². The molecule has 0 aliphatic carbocycles. The molecule has 7 heteroatoms. The quantitative estimate of drug-likeness (QED) is 0.830. The molecule has 21 heavy (non-hydrogen) atoms. The molecule has 1 unspecified atom stereocenters. The summed E-state index contributed by atoms with van der Waals surface area (Å²) in [5.74, 6) is 1.05. The minimum Gasteiger partial charge on any atom is -0.465 e. The molecule has 1 aliphatic heterocycles. The maximum absolute atomic E-state index is 12.6. The van der Waals surface area contributed by atoms with Gasteiger partial charge in [-0.15, -0.1) is 0 Å². The van der Waals surface area contributed by atoms with Gasteiger partial charge >= 0.3 is 0 Å². The van der Waals surface area contributed by atoms with Crippen molar-refractivity contribution in [2.45, 2.75) is 50.7 Å². The third-order valence-corrected chi connectivity index (χ3v) is 5.48. The summed E-state index contributed by atoms with van der Waals surface area (Å²) in [4.78, 5) is 0.246. The average Bonchev–Trinajstić information content (AvgIpc) is 2.94. The smallest absolute Gasteiger partial charge is 0.244 e. The number of aryl methyl sites for hydroxylation is 2. The van der Waals surface area contributed by atoms with Gasteiger partial charge in [0.25, 0.3) is 0 Å². The van der Waals surface area contributed by atoms with Crippen molar-refractivity contribution in [2.75, 3.05) is 20.2 Å². The zero-order valence-electron chi connectivity index (χ0n) is 13.1. The van der Waals surface area contributed by atoms with Crippen molar-refractivity contribution in [1.82, 2.24) is 10.0 Å². The molecule has 0 aromatic carbocycles. The van der Waals surface area contributed by atoms with Crippen LogP contribution in [0.25, 0.3) is 0 Å². The Bertz CT molecular complexity index is 601. The third-order valence-electron chi connectivity index (χ3n) is 3.88. The van der Waals surface area contributed by atoms with Crippen LogP contribution in [0, 0.1) is 13.8 Å². The van der Waals surface area contributed by atoms with Crippen LogP contribution >= 0.6 is 0 Å². The molecular weight excluding hydrogens is 292 g/mol. The molecule has 1 aromatic rings. The largest absolute Gasteiger partial charge is 0.465 e. The molecule has 0 bridgehead atoms. The topological polar surface area (TPSA) is 80.6 Å². The Kier molecular flexibility index (Phi) is 4.77. The molecule has 2 heterocycles. The normalized spacial score (nSPS) is 22.9. The molecule has 0 amide bonds. The Morgan fingerprint density at radius 1 is 1.29 bits per heavy atom. The van der Waals surface area contributed by atoms with Crippen LogP contribution in [-0.4, -0.2) is 34.2 Å². The van der Waals surface area contributed by atoms with E-state index < -0.39 is 15.6 Å². The summed E-state index contributed by atoms with van der Waals surface area (Å²) in [6.07, 6.45) is 1.83. The molecule has 1 aromatic heterocycles. The Labute approximate surface area is 126 Å². The van der Waals surface area contributed by atoms with E-state index in [2.05, 4.69) is 10.0 Å². The van der Waals surface area contributed by atoms with Crippen molar-refractivity contribution < 1.29 is 17.6 Å². The fraction of sp³-hybridized carbons (Fsp3) is 0.714. The summed E-state index contributed by atoms with van der Waals surface area (Å²) in [5.41, 5.74) is 0.267. The minimum atomic E-state index is -3.61. The lowest BCUT2D eigenvalue weighted by molar-refractivity contribution is 0.0250. The SMILES string of the molecule is CNCc1c(C)oc(C)c1S(=O)(=O)NCC1(C)CCCO1. The molecule has 1 atom stereocenters. The molecule has 0 spiro atoms. The molecule has 1 saturated heterocycles. The molecule has 2 N–H and O–H groups in total. The van der Waals surface area contributed by atoms with Crippen molar-refractivity contribution in [3.05, 3.63) is 17.1 Å². The zero-order valence-corrected chi connectivity index (χ0v) is 13.9. The lowest BCUT2D eigenvalue weighted by Crippen LogP contribution is -2.40. The van der Waals surface area contributed by atoms with Crippen LogP contribution in [-0.2, 0) is 21.3 Å². The monoisotopic (exact) mass is 316 g/mol. The van der Waals surface area contributed by atoms with Crippen molar-refractivity contribution in [3.8, 4) is 0 Å². The third kappa shape index (κ3) is 3.48. The highest BCUT2D eigenvalue weighted by atomic mass is 32.2. The lowest BCUT2D eigenvalue weighted by Gasteiger charge is -2.23. The molecule has 0 radical (unpaired) electrons. The highest BCUT2D eigenvalue weighted by Crippen LogP contribution is 2.28. The van der Waals surface area contributed by atoms with Crippen LogP contribution in [0.15, 0.2) is 9.31 Å². The van der Waals surface area contributed by atoms with E-state index >= 15 is 0 Å². The summed E-state index contributed by atoms with van der Waals surface area (Å²) in [7, 11) is -1.84. The summed E-state index contributed by atoms with van der Waals surface area (Å²) in [6.45, 7) is 6.80. The van der Waals surface area contributed by atoms with Crippen LogP contribution < -0.4 is 10.0 Å². The van der Waals surface area contributed by atoms with Gasteiger partial charge in [-0.1, -0.05) is 0 Å². The summed E-state index contributed by atoms with van der Waals surface area (Å²) in [5, 5.41) is 2.98. The number of hydrogen-bond donors (Lipinski definition) is 2. The average molecular weight is 316 g/mol. The second-order valence-electron chi connectivity index (χ2n) is 5.78. The van der Waals surface area contributed by atoms with Gasteiger partial charge in [-0.3, -0.25) is 0 Å². The van der Waals surface area contributed by atoms with Crippen LogP contribution in [0.1, 0.15) is 36.8 Å². The molecule has 0 saturated carbocycles. The second-order valence-corrected chi connectivity index (χ2v) is 7.48. The van der Waals surface area contributed by atoms with Gasteiger partial charge in [0.1, 0.15) is 16.4 Å². The Hall–Kier alpha value is -0.890. The fourth-order valence-electron chi connectivity index (χ4n) is 2.74. The standard InChI is InChI=1S/C14H24N2O4S/c1-10-12(8-15-4)13(11(2)20-10)21(17,18)16-9-14(3)6-5-7-19-14/h15-16H,5-9H2,1-4H3. The summed E-state index contributed by atoms with van der Waals surface area (Å²) >= 11 is 0. The maximum atomic E-state index is 12.6. The van der Waals surface area contributed by atoms with E-state index in [0.717, 1.165) is 12.8 Å². The van der Waals surface area contributed by atoms with Crippen LogP contribution in [0.2, 0.25) is 0 Å². The summed E-state index contributed by atoms with van der Waals surface area (Å²) < 4.78 is 39.0. The van der Waals surface area contributed by atoms with Crippen molar-refractivity contribution in [3.63, 3.8) is 0 Å². The van der Waals surface area contributed by atoms with Crippen LogP contribution in [0.4, 0.5) is 0 Å². The number of nitrogens with one attached hydrogen (secondary N) is 2. The number of furan rings is 1. The van der Waals surface area contributed by atoms with Crippen molar-refractivity contribution >= 4 is 10.0 Å². The van der Waals surface area contributed by atoms with E-state index in [1.54, 1.807) is 20.9 Å². The Balaban J connectivity index is 2.23. The molecular formula is C14H24N2O4S. The van der Waals surface area contributed by atoms with Gasteiger partial charge in [0.2, 0.25) is 10.0 Å². The van der Waals surface area contributed by atoms with Crippen LogP contribution in [0.5, 0.6) is 0 Å². The lowest BCUT2D eigenvalue weighted by atomic mass is 10.0. The first-order chi connectivity index (χ1) is 9.79. The van der Waals surface area contributed by atoms with Gasteiger partial charge in [-0.2, -0.15) is 0 Å². The van der Waals surface area contributed by atoms with Crippen LogP contribution in [0.3, 0.4) is 0 Å². The maximum Gasteiger partial charge on any atom is 0.244 e. The molecule has 2 rings (SSSR count). The second kappa shape index (κ2) is 6.08. The number of ether oxygens (including phenoxy) is 1. The first-order valence-corrected chi connectivity index (χ1v) is 8.64. The van der Waals surface area contributed by atoms with E-state index in [1.807, 2.05) is 6.92 Å². The Morgan fingerprint density at radius 2 is 2.00 bits per heavy atom. The molecule has 1 fully saturated rings. The highest BCUT2D eigenvalue weighted by Gasteiger charge is 2.33. The first-order valence-electron chi connectivity index (χ1n) is 7.16. The predicted octanol–water partition coefficient (Wildman–Crippen LogP) is 1.46. The molecule has 1 aliphatic rings. The first kappa shape index (κ1) is 16.5. The van der Waals surface area contributed by atoms with Gasteiger partial charge in [-0.25, -0.2) is 13.1 Å². The van der Waals surface area contributed by atoms with E-state index in [0.29, 0.717) is 30.2 Å². The molecule has 6 nitrogen and oxygen atoms in total. The summed E-state index contributed by atoms with van der Waals surface area (Å²) in [6, 6.07) is 0. The van der Waals surface area contributed by atoms with Gasteiger partial charge in [0, 0.05) is 25.3 Å². The van der Waals surface area contributed by atoms with Gasteiger partial charge in [-0.05, 0) is 40.7 Å². The fourth-order valence-corrected chi connectivity index (χ4v) is 4.34. The molecule has 120 valence electrons. The minimum absolute atomic E-state index is 0.246. The number of sulfonamides is 1. The highest BCUT2D eigenvalue weighted by molar-refractivity contribution is 7.89. The number of hydrogen-bond acceptors (Lipinski definition) is 5. The van der Waals surface area contributed by atoms with E-state index in [9.17, 15) is 8.42 Å². The zero-order chi connectivity index (χ0) is 15.7. The van der Waals surface area contributed by atoms with E-state index in [-0.39, 0.29) is 11.4 Å². The predicted molar refractivity (Wildman–Crippen MR) is 79.7 cm³/mol. The van der Waals surface area contributed by atoms with Crippen molar-refractivity contribution in [1.29, 1.82) is 0 Å². The van der Waals surface area contributed by atoms with Gasteiger partial charge in [0.15, 0.2) is 0 Å².